The Morgan fingerprint density at radius 1 is 0.511 bits per heavy atom. The van der Waals surface area contributed by atoms with Crippen molar-refractivity contribution in [3.05, 3.63) is 132 Å². The fourth-order valence-corrected chi connectivity index (χ4v) is 7.13. The van der Waals surface area contributed by atoms with Crippen LogP contribution < -0.4 is 0 Å². The third kappa shape index (κ3) is 4.74. The molecule has 0 saturated heterocycles. The zero-order valence-corrected chi connectivity index (χ0v) is 26.8. The molecule has 0 aliphatic heterocycles. The summed E-state index contributed by atoms with van der Waals surface area (Å²) in [7, 11) is 0. The van der Waals surface area contributed by atoms with Crippen molar-refractivity contribution in [2.75, 3.05) is 6.61 Å². The van der Waals surface area contributed by atoms with Gasteiger partial charge in [0.25, 0.3) is 0 Å². The van der Waals surface area contributed by atoms with Crippen LogP contribution in [0, 0.1) is 6.92 Å². The highest BCUT2D eigenvalue weighted by atomic mass is 16.5. The van der Waals surface area contributed by atoms with E-state index in [1.54, 1.807) is 0 Å². The summed E-state index contributed by atoms with van der Waals surface area (Å²) in [4.78, 5) is 0. The van der Waals surface area contributed by atoms with Crippen LogP contribution >= 0.6 is 0 Å². The van der Waals surface area contributed by atoms with E-state index in [1.165, 1.54) is 92.8 Å². The van der Waals surface area contributed by atoms with Crippen molar-refractivity contribution in [1.82, 2.24) is 0 Å². The maximum Gasteiger partial charge on any atom is 0.0716 e. The predicted octanol–water partition coefficient (Wildman–Crippen LogP) is 12.4. The summed E-state index contributed by atoms with van der Waals surface area (Å²) in [6.07, 6.45) is 0. The third-order valence-electron chi connectivity index (χ3n) is 9.58. The Kier molecular flexibility index (Phi) is 6.45. The molecule has 0 bridgehead atoms. The van der Waals surface area contributed by atoms with Crippen molar-refractivity contribution in [3.63, 3.8) is 0 Å². The third-order valence-corrected chi connectivity index (χ3v) is 9.58. The molecule has 8 rings (SSSR count). The molecule has 0 saturated carbocycles. The Balaban J connectivity index is 1.42. The van der Waals surface area contributed by atoms with Crippen LogP contribution in [0.15, 0.2) is 115 Å². The number of benzene rings is 8. The summed E-state index contributed by atoms with van der Waals surface area (Å²) in [5, 5.41) is 13.0. The number of hydrogen-bond acceptors (Lipinski definition) is 1. The normalized spacial score (nSPS) is 12.4. The van der Waals surface area contributed by atoms with Crippen molar-refractivity contribution >= 4 is 53.9 Å². The summed E-state index contributed by atoms with van der Waals surface area (Å²) < 4.78 is 5.68. The second-order valence-electron chi connectivity index (χ2n) is 13.7. The second kappa shape index (κ2) is 10.4. The molecule has 0 amide bonds. The van der Waals surface area contributed by atoms with Gasteiger partial charge in [0.1, 0.15) is 0 Å². The summed E-state index contributed by atoms with van der Waals surface area (Å²) in [6, 6.07) is 43.9. The molecule has 1 heteroatoms. The van der Waals surface area contributed by atoms with Crippen LogP contribution in [0.4, 0.5) is 0 Å². The molecule has 0 spiro atoms. The van der Waals surface area contributed by atoms with Crippen LogP contribution in [0.3, 0.4) is 0 Å². The minimum absolute atomic E-state index is 0.0812. The van der Waals surface area contributed by atoms with Crippen molar-refractivity contribution in [1.29, 1.82) is 0 Å². The van der Waals surface area contributed by atoms with Crippen LogP contribution in [0.2, 0.25) is 0 Å². The molecule has 8 aromatic carbocycles. The lowest BCUT2D eigenvalue weighted by atomic mass is 9.81. The average Bonchev–Trinajstić information content (AvgIpc) is 3.04. The topological polar surface area (TPSA) is 9.23 Å². The first-order valence-corrected chi connectivity index (χ1v) is 16.1. The van der Waals surface area contributed by atoms with Gasteiger partial charge >= 0.3 is 0 Å². The standard InChI is InChI=1S/C44H38O/c1-6-45-26-28-8-10-32-22-34(14-12-30(32)20-28)41-25-40(33-13-11-29-19-27(2)7-9-31(29)21-33)38-17-15-35-23-37(44(3,4)5)24-36-16-18-39(41)43(38)42(35)36/h7-25H,6,26H2,1-5H3. The minimum atomic E-state index is 0.0812. The molecule has 45 heavy (non-hydrogen) atoms. The molecule has 0 N–H and O–H groups in total. The van der Waals surface area contributed by atoms with Gasteiger partial charge in [0.15, 0.2) is 0 Å². The molecular weight excluding hydrogens is 544 g/mol. The molecule has 0 atom stereocenters. The highest BCUT2D eigenvalue weighted by molar-refractivity contribution is 6.28. The lowest BCUT2D eigenvalue weighted by Gasteiger charge is -2.23. The van der Waals surface area contributed by atoms with Gasteiger partial charge < -0.3 is 4.74 Å². The first-order valence-electron chi connectivity index (χ1n) is 16.1. The molecule has 1 nitrogen and oxygen atoms in total. The van der Waals surface area contributed by atoms with E-state index in [9.17, 15) is 0 Å². The summed E-state index contributed by atoms with van der Waals surface area (Å²) in [5.41, 5.74) is 9.00. The SMILES string of the molecule is CCOCc1ccc2cc(-c3cc(-c4ccc5cc(C)ccc5c4)c4ccc5cc(C(C)(C)C)cc6ccc3c4c56)ccc2c1. The fourth-order valence-electron chi connectivity index (χ4n) is 7.13. The number of fused-ring (bicyclic) bond motifs is 2. The Bertz CT molecular complexity index is 2380. The average molecular weight is 583 g/mol. The van der Waals surface area contributed by atoms with Crippen molar-refractivity contribution < 1.29 is 4.74 Å². The van der Waals surface area contributed by atoms with Crippen LogP contribution in [-0.4, -0.2) is 6.61 Å². The van der Waals surface area contributed by atoms with Gasteiger partial charge in [-0.1, -0.05) is 117 Å². The summed E-state index contributed by atoms with van der Waals surface area (Å²) in [6.45, 7) is 12.5. The maximum absolute atomic E-state index is 5.68. The van der Waals surface area contributed by atoms with Crippen LogP contribution in [0.25, 0.3) is 76.1 Å². The molecular formula is C44H38O. The van der Waals surface area contributed by atoms with E-state index in [0.29, 0.717) is 6.61 Å². The number of rotatable bonds is 5. The largest absolute Gasteiger partial charge is 0.377 e. The van der Waals surface area contributed by atoms with Crippen molar-refractivity contribution in [2.24, 2.45) is 0 Å². The molecule has 8 aromatic rings. The molecule has 0 aliphatic rings. The Morgan fingerprint density at radius 3 is 1.64 bits per heavy atom. The highest BCUT2D eigenvalue weighted by Crippen LogP contribution is 2.45. The smallest absolute Gasteiger partial charge is 0.0716 e. The van der Waals surface area contributed by atoms with E-state index in [4.69, 9.17) is 4.74 Å². The minimum Gasteiger partial charge on any atom is -0.377 e. The van der Waals surface area contributed by atoms with Gasteiger partial charge in [-0.25, -0.2) is 0 Å². The molecule has 0 unspecified atom stereocenters. The first kappa shape index (κ1) is 27.8. The first-order chi connectivity index (χ1) is 21.8. The van der Waals surface area contributed by atoms with E-state index in [-0.39, 0.29) is 5.41 Å². The van der Waals surface area contributed by atoms with Crippen molar-refractivity contribution in [2.45, 2.75) is 46.6 Å². The van der Waals surface area contributed by atoms with Crippen LogP contribution in [0.5, 0.6) is 0 Å². The Labute approximate surface area is 265 Å². The van der Waals surface area contributed by atoms with Gasteiger partial charge in [-0.15, -0.1) is 0 Å². The van der Waals surface area contributed by atoms with E-state index < -0.39 is 0 Å². The Hall–Kier alpha value is -4.72. The van der Waals surface area contributed by atoms with Gasteiger partial charge in [0.05, 0.1) is 6.61 Å². The summed E-state index contributed by atoms with van der Waals surface area (Å²) >= 11 is 0. The van der Waals surface area contributed by atoms with Crippen molar-refractivity contribution in [3.8, 4) is 22.3 Å². The lowest BCUT2D eigenvalue weighted by Crippen LogP contribution is -2.10. The summed E-state index contributed by atoms with van der Waals surface area (Å²) in [5.74, 6) is 0. The second-order valence-corrected chi connectivity index (χ2v) is 13.7. The van der Waals surface area contributed by atoms with E-state index in [0.717, 1.165) is 6.61 Å². The zero-order valence-electron chi connectivity index (χ0n) is 26.8. The Morgan fingerprint density at radius 2 is 1.04 bits per heavy atom. The maximum atomic E-state index is 5.68. The molecule has 0 fully saturated rings. The number of hydrogen-bond donors (Lipinski definition) is 0. The molecule has 0 heterocycles. The fraction of sp³-hybridized carbons (Fsp3) is 0.182. The monoisotopic (exact) mass is 582 g/mol. The van der Waals surface area contributed by atoms with Gasteiger partial charge in [-0.2, -0.15) is 0 Å². The van der Waals surface area contributed by atoms with Gasteiger partial charge in [0, 0.05) is 6.61 Å². The van der Waals surface area contributed by atoms with E-state index in [1.807, 2.05) is 6.92 Å². The zero-order chi connectivity index (χ0) is 30.9. The molecule has 0 radical (unpaired) electrons. The van der Waals surface area contributed by atoms with Gasteiger partial charge in [0.2, 0.25) is 0 Å². The molecule has 0 aliphatic carbocycles. The van der Waals surface area contributed by atoms with E-state index in [2.05, 4.69) is 143 Å². The van der Waals surface area contributed by atoms with Gasteiger partial charge in [-0.3, -0.25) is 0 Å². The predicted molar refractivity (Wildman–Crippen MR) is 195 cm³/mol. The number of aryl methyl sites for hydroxylation is 1. The van der Waals surface area contributed by atoms with Gasteiger partial charge in [-0.05, 0) is 131 Å². The number of ether oxygens (including phenoxy) is 1. The molecule has 0 aromatic heterocycles. The molecule has 220 valence electrons. The lowest BCUT2D eigenvalue weighted by molar-refractivity contribution is 0.134. The quantitative estimate of drug-likeness (QED) is 0.183. The van der Waals surface area contributed by atoms with E-state index >= 15 is 0 Å². The van der Waals surface area contributed by atoms with Crippen LogP contribution in [-0.2, 0) is 16.8 Å². The highest BCUT2D eigenvalue weighted by Gasteiger charge is 2.20. The van der Waals surface area contributed by atoms with Crippen LogP contribution in [0.1, 0.15) is 44.4 Å².